The number of nitrogens with zero attached hydrogens (tertiary/aromatic N) is 6. The van der Waals surface area contributed by atoms with Gasteiger partial charge in [0.15, 0.2) is 0 Å². The van der Waals surface area contributed by atoms with E-state index >= 15 is 0 Å². The van der Waals surface area contributed by atoms with Crippen molar-refractivity contribution in [2.75, 3.05) is 44.2 Å². The fourth-order valence-corrected chi connectivity index (χ4v) is 4.57. The van der Waals surface area contributed by atoms with Crippen molar-refractivity contribution in [1.82, 2.24) is 19.8 Å². The monoisotopic (exact) mass is 390 g/mol. The molecule has 1 aromatic heterocycles. The lowest BCUT2D eigenvalue weighted by Crippen LogP contribution is -2.53. The first-order valence-corrected chi connectivity index (χ1v) is 10.6. The minimum Gasteiger partial charge on any atom is -0.341 e. The summed E-state index contributed by atoms with van der Waals surface area (Å²) in [6, 6.07) is 13.0. The zero-order chi connectivity index (χ0) is 20.2. The van der Waals surface area contributed by atoms with Crippen LogP contribution in [-0.2, 0) is 6.54 Å². The number of hydrogen-bond donors (Lipinski definition) is 0. The number of piperidine rings is 1. The van der Waals surface area contributed by atoms with Gasteiger partial charge in [0.1, 0.15) is 0 Å². The number of hydrogen-bond acceptors (Lipinski definition) is 6. The third-order valence-corrected chi connectivity index (χ3v) is 6.17. The van der Waals surface area contributed by atoms with Gasteiger partial charge < -0.3 is 4.90 Å². The predicted octanol–water partition coefficient (Wildman–Crippen LogP) is 2.75. The second-order valence-electron chi connectivity index (χ2n) is 8.25. The summed E-state index contributed by atoms with van der Waals surface area (Å²) in [5.74, 6) is 0.891. The molecule has 0 unspecified atom stereocenters. The number of anilines is 1. The fourth-order valence-electron chi connectivity index (χ4n) is 4.57. The molecule has 0 N–H and O–H groups in total. The van der Waals surface area contributed by atoms with Gasteiger partial charge in [-0.15, -0.1) is 0 Å². The molecule has 2 aliphatic rings. The van der Waals surface area contributed by atoms with Crippen LogP contribution in [0.15, 0.2) is 30.3 Å². The Hall–Kier alpha value is -2.49. The van der Waals surface area contributed by atoms with E-state index in [2.05, 4.69) is 36.8 Å². The highest BCUT2D eigenvalue weighted by Gasteiger charge is 2.28. The standard InChI is InChI=1S/C23H30N6/c1-18-15-19(2)26-23(25-18)29-9-7-22(8-10-29)28-13-11-27(12-14-28)17-21-6-4-3-5-20(21)16-24/h3-6,15,22H,7-14,17H2,1-2H3. The second-order valence-corrected chi connectivity index (χ2v) is 8.25. The van der Waals surface area contributed by atoms with Gasteiger partial charge in [0.25, 0.3) is 0 Å². The van der Waals surface area contributed by atoms with E-state index in [0.717, 1.165) is 74.3 Å². The van der Waals surface area contributed by atoms with E-state index in [1.54, 1.807) is 0 Å². The van der Waals surface area contributed by atoms with Gasteiger partial charge in [-0.3, -0.25) is 9.80 Å². The van der Waals surface area contributed by atoms with Crippen LogP contribution in [0.25, 0.3) is 0 Å². The molecule has 1 aromatic carbocycles. The molecule has 6 nitrogen and oxygen atoms in total. The van der Waals surface area contributed by atoms with Crippen LogP contribution in [0.1, 0.15) is 35.4 Å². The Labute approximate surface area is 173 Å². The first-order chi connectivity index (χ1) is 14.1. The number of piperazine rings is 1. The maximum absolute atomic E-state index is 9.30. The van der Waals surface area contributed by atoms with Gasteiger partial charge in [0, 0.05) is 63.2 Å². The van der Waals surface area contributed by atoms with Gasteiger partial charge in [0.05, 0.1) is 11.6 Å². The molecule has 0 bridgehead atoms. The van der Waals surface area contributed by atoms with E-state index in [1.165, 1.54) is 12.8 Å². The predicted molar refractivity (Wildman–Crippen MR) is 115 cm³/mol. The Kier molecular flexibility index (Phi) is 6.08. The number of benzene rings is 1. The van der Waals surface area contributed by atoms with E-state index in [9.17, 15) is 5.26 Å². The van der Waals surface area contributed by atoms with Crippen LogP contribution in [0.5, 0.6) is 0 Å². The minimum atomic E-state index is 0.658. The van der Waals surface area contributed by atoms with E-state index in [4.69, 9.17) is 0 Å². The van der Waals surface area contributed by atoms with Gasteiger partial charge in [-0.2, -0.15) is 5.26 Å². The van der Waals surface area contributed by atoms with Crippen LogP contribution in [0.2, 0.25) is 0 Å². The molecule has 29 heavy (non-hydrogen) atoms. The average molecular weight is 391 g/mol. The minimum absolute atomic E-state index is 0.658. The molecule has 0 saturated carbocycles. The summed E-state index contributed by atoms with van der Waals surface area (Å²) in [6.07, 6.45) is 2.35. The summed E-state index contributed by atoms with van der Waals surface area (Å²) in [5, 5.41) is 9.30. The van der Waals surface area contributed by atoms with Crippen LogP contribution in [0.3, 0.4) is 0 Å². The molecule has 2 aliphatic heterocycles. The molecule has 3 heterocycles. The summed E-state index contributed by atoms with van der Waals surface area (Å²) in [5.41, 5.74) is 4.04. The van der Waals surface area contributed by atoms with Crippen molar-refractivity contribution in [2.45, 2.75) is 39.3 Å². The van der Waals surface area contributed by atoms with E-state index in [-0.39, 0.29) is 0 Å². The van der Waals surface area contributed by atoms with Gasteiger partial charge in [0.2, 0.25) is 5.95 Å². The van der Waals surface area contributed by atoms with Gasteiger partial charge in [-0.1, -0.05) is 18.2 Å². The van der Waals surface area contributed by atoms with E-state index in [0.29, 0.717) is 6.04 Å². The summed E-state index contributed by atoms with van der Waals surface area (Å²) < 4.78 is 0. The van der Waals surface area contributed by atoms with Gasteiger partial charge >= 0.3 is 0 Å². The topological polar surface area (TPSA) is 59.3 Å². The SMILES string of the molecule is Cc1cc(C)nc(N2CCC(N3CCN(Cc4ccccc4C#N)CC3)CC2)n1. The quantitative estimate of drug-likeness (QED) is 0.800. The maximum Gasteiger partial charge on any atom is 0.225 e. The Balaban J connectivity index is 1.27. The maximum atomic E-state index is 9.30. The van der Waals surface area contributed by atoms with Crippen molar-refractivity contribution in [3.8, 4) is 6.07 Å². The smallest absolute Gasteiger partial charge is 0.225 e. The highest BCUT2D eigenvalue weighted by atomic mass is 15.3. The molecule has 2 fully saturated rings. The number of nitriles is 1. The Bertz CT molecular complexity index is 853. The number of aromatic nitrogens is 2. The summed E-state index contributed by atoms with van der Waals surface area (Å²) >= 11 is 0. The van der Waals surface area contributed by atoms with Crippen molar-refractivity contribution in [1.29, 1.82) is 5.26 Å². The van der Waals surface area contributed by atoms with E-state index in [1.807, 2.05) is 38.1 Å². The Morgan fingerprint density at radius 3 is 2.28 bits per heavy atom. The summed E-state index contributed by atoms with van der Waals surface area (Å²) in [4.78, 5) is 16.7. The third kappa shape index (κ3) is 4.75. The highest BCUT2D eigenvalue weighted by Crippen LogP contribution is 2.22. The molecule has 2 saturated heterocycles. The lowest BCUT2D eigenvalue weighted by Gasteiger charge is -2.42. The molecule has 0 spiro atoms. The Morgan fingerprint density at radius 2 is 1.62 bits per heavy atom. The van der Waals surface area contributed by atoms with Crippen molar-refractivity contribution in [2.24, 2.45) is 0 Å². The van der Waals surface area contributed by atoms with Crippen molar-refractivity contribution in [3.05, 3.63) is 52.8 Å². The van der Waals surface area contributed by atoms with Crippen LogP contribution in [-0.4, -0.2) is 65.1 Å². The number of rotatable bonds is 4. The third-order valence-electron chi connectivity index (χ3n) is 6.17. The molecule has 0 amide bonds. The molecule has 0 atom stereocenters. The molecule has 0 radical (unpaired) electrons. The van der Waals surface area contributed by atoms with Gasteiger partial charge in [-0.25, -0.2) is 9.97 Å². The fraction of sp³-hybridized carbons (Fsp3) is 0.522. The summed E-state index contributed by atoms with van der Waals surface area (Å²) in [6.45, 7) is 11.4. The van der Waals surface area contributed by atoms with Crippen molar-refractivity contribution >= 4 is 5.95 Å². The van der Waals surface area contributed by atoms with Gasteiger partial charge in [-0.05, 0) is 44.4 Å². The lowest BCUT2D eigenvalue weighted by molar-refractivity contribution is 0.0810. The second kappa shape index (κ2) is 8.89. The highest BCUT2D eigenvalue weighted by molar-refractivity contribution is 5.37. The molecule has 0 aliphatic carbocycles. The molecule has 6 heteroatoms. The first kappa shape index (κ1) is 19.8. The zero-order valence-corrected chi connectivity index (χ0v) is 17.5. The van der Waals surface area contributed by atoms with Crippen molar-refractivity contribution < 1.29 is 0 Å². The molecular weight excluding hydrogens is 360 g/mol. The zero-order valence-electron chi connectivity index (χ0n) is 17.5. The largest absolute Gasteiger partial charge is 0.341 e. The molecule has 4 rings (SSSR count). The van der Waals surface area contributed by atoms with Crippen LogP contribution in [0.4, 0.5) is 5.95 Å². The Morgan fingerprint density at radius 1 is 0.966 bits per heavy atom. The van der Waals surface area contributed by atoms with Crippen LogP contribution >= 0.6 is 0 Å². The van der Waals surface area contributed by atoms with Crippen molar-refractivity contribution in [3.63, 3.8) is 0 Å². The molecular formula is C23H30N6. The first-order valence-electron chi connectivity index (χ1n) is 10.6. The van der Waals surface area contributed by atoms with Crippen LogP contribution < -0.4 is 4.90 Å². The lowest BCUT2D eigenvalue weighted by atomic mass is 10.0. The molecule has 2 aromatic rings. The van der Waals surface area contributed by atoms with E-state index < -0.39 is 0 Å². The summed E-state index contributed by atoms with van der Waals surface area (Å²) in [7, 11) is 0. The normalized spacial score (nSPS) is 19.3. The average Bonchev–Trinajstić information content (AvgIpc) is 2.74. The molecule has 152 valence electrons. The van der Waals surface area contributed by atoms with Crippen LogP contribution in [0, 0.1) is 25.2 Å². The number of aryl methyl sites for hydroxylation is 2.